The van der Waals surface area contributed by atoms with Gasteiger partial charge >= 0.3 is 0 Å². The van der Waals surface area contributed by atoms with Crippen molar-refractivity contribution in [2.24, 2.45) is 5.92 Å². The first-order valence-electron chi connectivity index (χ1n) is 6.19. The van der Waals surface area contributed by atoms with Crippen LogP contribution in [-0.4, -0.2) is 36.4 Å². The summed E-state index contributed by atoms with van der Waals surface area (Å²) in [5, 5.41) is 13.0. The van der Waals surface area contributed by atoms with Crippen LogP contribution in [0.3, 0.4) is 0 Å². The minimum absolute atomic E-state index is 0.0601. The summed E-state index contributed by atoms with van der Waals surface area (Å²) < 4.78 is 5.19. The third-order valence-corrected chi connectivity index (χ3v) is 3.37. The van der Waals surface area contributed by atoms with Crippen molar-refractivity contribution in [1.29, 1.82) is 0 Å². The smallest absolute Gasteiger partial charge is 0.223 e. The molecule has 4 nitrogen and oxygen atoms in total. The zero-order chi connectivity index (χ0) is 12.0. The number of aliphatic hydroxyl groups is 1. The lowest BCUT2D eigenvalue weighted by atomic mass is 9.94. The molecule has 1 fully saturated rings. The van der Waals surface area contributed by atoms with Gasteiger partial charge in [0.15, 0.2) is 0 Å². The quantitative estimate of drug-likeness (QED) is 0.741. The third-order valence-electron chi connectivity index (χ3n) is 3.37. The van der Waals surface area contributed by atoms with Crippen LogP contribution in [0.2, 0.25) is 0 Å². The molecule has 1 heterocycles. The number of hydrogen-bond acceptors (Lipinski definition) is 3. The van der Waals surface area contributed by atoms with Gasteiger partial charge in [0.05, 0.1) is 5.60 Å². The Hall–Kier alpha value is -0.610. The van der Waals surface area contributed by atoms with E-state index in [9.17, 15) is 9.90 Å². The second-order valence-electron chi connectivity index (χ2n) is 4.57. The van der Waals surface area contributed by atoms with Crippen molar-refractivity contribution in [2.45, 2.75) is 45.1 Å². The van der Waals surface area contributed by atoms with Crippen molar-refractivity contribution in [3.8, 4) is 0 Å². The van der Waals surface area contributed by atoms with Crippen LogP contribution in [0, 0.1) is 5.92 Å². The third kappa shape index (κ3) is 3.76. The number of carbonyl (C=O) groups is 1. The van der Waals surface area contributed by atoms with Crippen LogP contribution in [0.25, 0.3) is 0 Å². The molecule has 1 amide bonds. The van der Waals surface area contributed by atoms with Gasteiger partial charge in [0.2, 0.25) is 5.91 Å². The first kappa shape index (κ1) is 13.5. The van der Waals surface area contributed by atoms with E-state index in [1.807, 2.05) is 13.8 Å². The Morgan fingerprint density at radius 2 is 1.94 bits per heavy atom. The van der Waals surface area contributed by atoms with E-state index in [2.05, 4.69) is 5.32 Å². The molecule has 0 aromatic carbocycles. The summed E-state index contributed by atoms with van der Waals surface area (Å²) >= 11 is 0. The SMILES string of the molecule is CCC(CC)C(=O)NCC1(O)CCOCC1. The van der Waals surface area contributed by atoms with Gasteiger partial charge in [-0.3, -0.25) is 4.79 Å². The molecule has 1 rings (SSSR count). The topological polar surface area (TPSA) is 58.6 Å². The molecule has 0 aromatic rings. The monoisotopic (exact) mass is 229 g/mol. The second-order valence-corrected chi connectivity index (χ2v) is 4.57. The van der Waals surface area contributed by atoms with Crippen molar-refractivity contribution in [3.05, 3.63) is 0 Å². The summed E-state index contributed by atoms with van der Waals surface area (Å²) in [6.07, 6.45) is 2.92. The molecule has 0 saturated carbocycles. The summed E-state index contributed by atoms with van der Waals surface area (Å²) in [4.78, 5) is 11.7. The lowest BCUT2D eigenvalue weighted by Crippen LogP contribution is -2.47. The molecule has 0 aromatic heterocycles. The van der Waals surface area contributed by atoms with E-state index in [1.54, 1.807) is 0 Å². The number of hydrogen-bond donors (Lipinski definition) is 2. The van der Waals surface area contributed by atoms with E-state index in [0.717, 1.165) is 12.8 Å². The van der Waals surface area contributed by atoms with Crippen molar-refractivity contribution >= 4 is 5.91 Å². The molecule has 0 spiro atoms. The highest BCUT2D eigenvalue weighted by atomic mass is 16.5. The van der Waals surface area contributed by atoms with Gasteiger partial charge in [-0.1, -0.05) is 13.8 Å². The number of nitrogens with one attached hydrogen (secondary N) is 1. The van der Waals surface area contributed by atoms with E-state index in [4.69, 9.17) is 4.74 Å². The van der Waals surface area contributed by atoms with Crippen molar-refractivity contribution in [2.75, 3.05) is 19.8 Å². The van der Waals surface area contributed by atoms with Gasteiger partial charge in [0.1, 0.15) is 0 Å². The van der Waals surface area contributed by atoms with Crippen LogP contribution in [0.1, 0.15) is 39.5 Å². The van der Waals surface area contributed by atoms with Gasteiger partial charge in [-0.25, -0.2) is 0 Å². The molecule has 0 aliphatic carbocycles. The maximum atomic E-state index is 11.7. The Kier molecular flexibility index (Phi) is 5.22. The first-order chi connectivity index (χ1) is 7.61. The Morgan fingerprint density at radius 3 is 2.44 bits per heavy atom. The normalized spacial score (nSPS) is 19.8. The summed E-state index contributed by atoms with van der Waals surface area (Å²) in [7, 11) is 0. The zero-order valence-electron chi connectivity index (χ0n) is 10.3. The highest BCUT2D eigenvalue weighted by molar-refractivity contribution is 5.78. The molecule has 4 heteroatoms. The van der Waals surface area contributed by atoms with Gasteiger partial charge in [0, 0.05) is 38.5 Å². The first-order valence-corrected chi connectivity index (χ1v) is 6.19. The predicted molar refractivity (Wildman–Crippen MR) is 62.1 cm³/mol. The highest BCUT2D eigenvalue weighted by Gasteiger charge is 2.30. The van der Waals surface area contributed by atoms with E-state index in [-0.39, 0.29) is 11.8 Å². The lowest BCUT2D eigenvalue weighted by molar-refractivity contribution is -0.128. The maximum absolute atomic E-state index is 11.7. The van der Waals surface area contributed by atoms with E-state index < -0.39 is 5.60 Å². The van der Waals surface area contributed by atoms with Crippen LogP contribution in [0.15, 0.2) is 0 Å². The minimum atomic E-state index is -0.764. The number of ether oxygens (including phenoxy) is 1. The number of carbonyl (C=O) groups excluding carboxylic acids is 1. The summed E-state index contributed by atoms with van der Waals surface area (Å²) in [5.41, 5.74) is -0.764. The van der Waals surface area contributed by atoms with Crippen LogP contribution < -0.4 is 5.32 Å². The van der Waals surface area contributed by atoms with Crippen molar-refractivity contribution in [3.63, 3.8) is 0 Å². The fourth-order valence-electron chi connectivity index (χ4n) is 1.98. The van der Waals surface area contributed by atoms with E-state index in [1.165, 1.54) is 0 Å². The van der Waals surface area contributed by atoms with Crippen LogP contribution in [0.4, 0.5) is 0 Å². The van der Waals surface area contributed by atoms with Crippen molar-refractivity contribution < 1.29 is 14.6 Å². The fraction of sp³-hybridized carbons (Fsp3) is 0.917. The largest absolute Gasteiger partial charge is 0.388 e. The number of rotatable bonds is 5. The molecular formula is C12H23NO3. The molecule has 1 aliphatic rings. The van der Waals surface area contributed by atoms with Crippen molar-refractivity contribution in [1.82, 2.24) is 5.32 Å². The predicted octanol–water partition coefficient (Wildman–Crippen LogP) is 1.08. The molecule has 1 saturated heterocycles. The molecule has 16 heavy (non-hydrogen) atoms. The van der Waals surface area contributed by atoms with Crippen LogP contribution in [0.5, 0.6) is 0 Å². The average molecular weight is 229 g/mol. The van der Waals surface area contributed by atoms with Gasteiger partial charge in [-0.15, -0.1) is 0 Å². The molecule has 0 atom stereocenters. The van der Waals surface area contributed by atoms with Gasteiger partial charge in [-0.2, -0.15) is 0 Å². The van der Waals surface area contributed by atoms with E-state index in [0.29, 0.717) is 32.6 Å². The zero-order valence-corrected chi connectivity index (χ0v) is 10.3. The lowest BCUT2D eigenvalue weighted by Gasteiger charge is -2.32. The molecule has 2 N–H and O–H groups in total. The van der Waals surface area contributed by atoms with E-state index >= 15 is 0 Å². The van der Waals surface area contributed by atoms with Crippen LogP contribution in [-0.2, 0) is 9.53 Å². The Morgan fingerprint density at radius 1 is 1.38 bits per heavy atom. The Labute approximate surface area is 97.4 Å². The van der Waals surface area contributed by atoms with Crippen LogP contribution >= 0.6 is 0 Å². The average Bonchev–Trinajstić information content (AvgIpc) is 2.29. The molecule has 1 aliphatic heterocycles. The second kappa shape index (κ2) is 6.21. The summed E-state index contributed by atoms with van der Waals surface area (Å²) in [5.74, 6) is 0.133. The standard InChI is InChI=1S/C12H23NO3/c1-3-10(4-2)11(14)13-9-12(15)5-7-16-8-6-12/h10,15H,3-9H2,1-2H3,(H,13,14). The van der Waals surface area contributed by atoms with Gasteiger partial charge in [-0.05, 0) is 12.8 Å². The Balaban J connectivity index is 2.35. The Bertz CT molecular complexity index is 220. The molecule has 0 radical (unpaired) electrons. The highest BCUT2D eigenvalue weighted by Crippen LogP contribution is 2.19. The number of amides is 1. The maximum Gasteiger partial charge on any atom is 0.223 e. The molecule has 0 bridgehead atoms. The molecule has 94 valence electrons. The summed E-state index contributed by atoms with van der Waals surface area (Å²) in [6, 6.07) is 0. The molecule has 0 unspecified atom stereocenters. The van der Waals surface area contributed by atoms with Gasteiger partial charge in [0.25, 0.3) is 0 Å². The summed E-state index contributed by atoms with van der Waals surface area (Å²) in [6.45, 7) is 5.54. The fourth-order valence-corrected chi connectivity index (χ4v) is 1.98. The molecular weight excluding hydrogens is 206 g/mol. The van der Waals surface area contributed by atoms with Gasteiger partial charge < -0.3 is 15.2 Å². The minimum Gasteiger partial charge on any atom is -0.388 e.